The number of aromatic nitrogens is 1. The zero-order chi connectivity index (χ0) is 16.4. The molecule has 6 nitrogen and oxygen atoms in total. The second kappa shape index (κ2) is 6.57. The Bertz CT molecular complexity index is 662. The van der Waals surface area contributed by atoms with Crippen molar-refractivity contribution in [1.82, 2.24) is 14.2 Å². The number of carbonyl (C=O) groups excluding carboxylic acids is 1. The van der Waals surface area contributed by atoms with Crippen molar-refractivity contribution in [3.63, 3.8) is 0 Å². The van der Waals surface area contributed by atoms with Crippen LogP contribution in [0.5, 0.6) is 0 Å². The normalized spacial score (nSPS) is 25.6. The number of hydrogen-bond donors (Lipinski definition) is 0. The van der Waals surface area contributed by atoms with Crippen LogP contribution in [0.15, 0.2) is 24.4 Å². The van der Waals surface area contributed by atoms with Crippen LogP contribution in [0.1, 0.15) is 31.9 Å². The first kappa shape index (κ1) is 16.4. The van der Waals surface area contributed by atoms with Crippen LogP contribution >= 0.6 is 0 Å². The smallest absolute Gasteiger partial charge is 0.227 e. The SMILES string of the molecule is CCCS(=O)(=O)N1C[C@@H]2CC[C@H](C1)N(Cc1ccccn1)C2=O. The predicted molar refractivity (Wildman–Crippen MR) is 86.9 cm³/mol. The summed E-state index contributed by atoms with van der Waals surface area (Å²) in [6.45, 7) is 3.07. The fourth-order valence-corrected chi connectivity index (χ4v) is 5.07. The van der Waals surface area contributed by atoms with E-state index in [1.54, 1.807) is 6.20 Å². The standard InChI is InChI=1S/C16H23N3O3S/c1-2-9-23(21,22)18-10-13-6-7-15(12-18)19(16(13)20)11-14-5-3-4-8-17-14/h3-5,8,13,15H,2,6-7,9-12H2,1H3/t13-,15+/m0/s1. The highest BCUT2D eigenvalue weighted by atomic mass is 32.2. The van der Waals surface area contributed by atoms with Crippen LogP contribution in [0, 0.1) is 5.92 Å². The molecule has 4 rings (SSSR count). The molecule has 0 unspecified atom stereocenters. The van der Waals surface area contributed by atoms with E-state index in [4.69, 9.17) is 0 Å². The summed E-state index contributed by atoms with van der Waals surface area (Å²) in [6.07, 6.45) is 3.95. The number of piperidine rings is 1. The van der Waals surface area contributed by atoms with Crippen LogP contribution in [0.2, 0.25) is 0 Å². The van der Waals surface area contributed by atoms with Crippen LogP contribution in [0.4, 0.5) is 0 Å². The van der Waals surface area contributed by atoms with Crippen molar-refractivity contribution in [2.24, 2.45) is 5.92 Å². The highest BCUT2D eigenvalue weighted by molar-refractivity contribution is 7.89. The van der Waals surface area contributed by atoms with E-state index in [9.17, 15) is 13.2 Å². The summed E-state index contributed by atoms with van der Waals surface area (Å²) in [4.78, 5) is 18.8. The number of amides is 1. The topological polar surface area (TPSA) is 70.6 Å². The van der Waals surface area contributed by atoms with Gasteiger partial charge < -0.3 is 4.90 Å². The number of hydrogen-bond acceptors (Lipinski definition) is 4. The highest BCUT2D eigenvalue weighted by Gasteiger charge is 2.43. The number of pyridine rings is 1. The first-order valence-corrected chi connectivity index (χ1v) is 9.80. The van der Waals surface area contributed by atoms with Gasteiger partial charge in [0, 0.05) is 25.3 Å². The van der Waals surface area contributed by atoms with E-state index in [0.29, 0.717) is 26.1 Å². The molecule has 1 aromatic heterocycles. The van der Waals surface area contributed by atoms with Crippen LogP contribution < -0.4 is 0 Å². The van der Waals surface area contributed by atoms with Gasteiger partial charge in [0.2, 0.25) is 15.9 Å². The molecule has 126 valence electrons. The van der Waals surface area contributed by atoms with Crippen LogP contribution in [-0.2, 0) is 21.4 Å². The summed E-state index contributed by atoms with van der Waals surface area (Å²) < 4.78 is 26.4. The molecule has 0 aliphatic carbocycles. The molecule has 3 aliphatic heterocycles. The maximum absolute atomic E-state index is 12.7. The number of carbonyl (C=O) groups is 1. The molecular formula is C16H23N3O3S. The largest absolute Gasteiger partial charge is 0.332 e. The minimum absolute atomic E-state index is 0.0464. The first-order chi connectivity index (χ1) is 11.0. The molecule has 0 saturated carbocycles. The summed E-state index contributed by atoms with van der Waals surface area (Å²) in [7, 11) is -3.26. The summed E-state index contributed by atoms with van der Waals surface area (Å²) in [5.74, 6) is 0.00567. The lowest BCUT2D eigenvalue weighted by Gasteiger charge is -2.35. The lowest BCUT2D eigenvalue weighted by Crippen LogP contribution is -2.47. The molecule has 4 heterocycles. The summed E-state index contributed by atoms with van der Waals surface area (Å²) in [5, 5.41) is 0. The Balaban J connectivity index is 1.81. The van der Waals surface area contributed by atoms with Crippen molar-refractivity contribution in [3.05, 3.63) is 30.1 Å². The average Bonchev–Trinajstić information content (AvgIpc) is 2.82. The van der Waals surface area contributed by atoms with Gasteiger partial charge in [0.25, 0.3) is 0 Å². The van der Waals surface area contributed by atoms with Gasteiger partial charge >= 0.3 is 0 Å². The Hall–Kier alpha value is -1.47. The van der Waals surface area contributed by atoms with Gasteiger partial charge in [-0.15, -0.1) is 0 Å². The molecule has 0 spiro atoms. The van der Waals surface area contributed by atoms with Gasteiger partial charge in [0.15, 0.2) is 0 Å². The molecule has 1 aromatic rings. The van der Waals surface area contributed by atoms with Crippen LogP contribution in [0.25, 0.3) is 0 Å². The number of fused-ring (bicyclic) bond motifs is 4. The van der Waals surface area contributed by atoms with Gasteiger partial charge in [-0.1, -0.05) is 13.0 Å². The molecule has 3 fully saturated rings. The van der Waals surface area contributed by atoms with Gasteiger partial charge in [-0.3, -0.25) is 9.78 Å². The number of sulfonamides is 1. The fourth-order valence-electron chi connectivity index (χ4n) is 3.49. The van der Waals surface area contributed by atoms with E-state index >= 15 is 0 Å². The summed E-state index contributed by atoms with van der Waals surface area (Å²) >= 11 is 0. The van der Waals surface area contributed by atoms with Crippen molar-refractivity contribution >= 4 is 15.9 Å². The second-order valence-corrected chi connectivity index (χ2v) is 8.44. The third-order valence-corrected chi connectivity index (χ3v) is 6.68. The maximum atomic E-state index is 12.7. The number of nitrogens with zero attached hydrogens (tertiary/aromatic N) is 3. The van der Waals surface area contributed by atoms with E-state index in [1.165, 1.54) is 4.31 Å². The van der Waals surface area contributed by atoms with Crippen molar-refractivity contribution in [2.75, 3.05) is 18.8 Å². The van der Waals surface area contributed by atoms with Gasteiger partial charge in [0.1, 0.15) is 0 Å². The van der Waals surface area contributed by atoms with Gasteiger partial charge in [-0.2, -0.15) is 4.31 Å². The molecule has 2 bridgehead atoms. The monoisotopic (exact) mass is 337 g/mol. The zero-order valence-corrected chi connectivity index (χ0v) is 14.2. The molecule has 3 aliphatic rings. The Kier molecular flexibility index (Phi) is 4.68. The van der Waals surface area contributed by atoms with Gasteiger partial charge in [0.05, 0.1) is 23.9 Å². The molecule has 23 heavy (non-hydrogen) atoms. The van der Waals surface area contributed by atoms with E-state index in [2.05, 4.69) is 4.98 Å². The van der Waals surface area contributed by atoms with Crippen molar-refractivity contribution in [2.45, 2.75) is 38.8 Å². The lowest BCUT2D eigenvalue weighted by molar-refractivity contribution is -0.140. The van der Waals surface area contributed by atoms with E-state index in [1.807, 2.05) is 30.0 Å². The van der Waals surface area contributed by atoms with Crippen molar-refractivity contribution in [1.29, 1.82) is 0 Å². The Morgan fingerprint density at radius 1 is 1.26 bits per heavy atom. The molecule has 2 atom stereocenters. The lowest BCUT2D eigenvalue weighted by atomic mass is 9.94. The quantitative estimate of drug-likeness (QED) is 0.811. The molecule has 0 N–H and O–H groups in total. The minimum atomic E-state index is -3.26. The van der Waals surface area contributed by atoms with Crippen LogP contribution in [-0.4, -0.2) is 53.4 Å². The molecule has 1 amide bonds. The van der Waals surface area contributed by atoms with Crippen molar-refractivity contribution < 1.29 is 13.2 Å². The third-order valence-electron chi connectivity index (χ3n) is 4.67. The van der Waals surface area contributed by atoms with E-state index in [0.717, 1.165) is 18.5 Å². The maximum Gasteiger partial charge on any atom is 0.227 e. The average molecular weight is 337 g/mol. The third kappa shape index (κ3) is 3.40. The molecule has 0 aromatic carbocycles. The number of rotatable bonds is 5. The highest BCUT2D eigenvalue weighted by Crippen LogP contribution is 2.31. The Morgan fingerprint density at radius 3 is 2.78 bits per heavy atom. The molecule has 0 radical (unpaired) electrons. The van der Waals surface area contributed by atoms with E-state index in [-0.39, 0.29) is 23.6 Å². The predicted octanol–water partition coefficient (Wildman–Crippen LogP) is 1.24. The summed E-state index contributed by atoms with van der Waals surface area (Å²) in [6, 6.07) is 5.60. The van der Waals surface area contributed by atoms with Crippen LogP contribution in [0.3, 0.4) is 0 Å². The summed E-state index contributed by atoms with van der Waals surface area (Å²) in [5.41, 5.74) is 0.844. The minimum Gasteiger partial charge on any atom is -0.332 e. The molecule has 7 heteroatoms. The van der Waals surface area contributed by atoms with E-state index < -0.39 is 10.0 Å². The molecule has 3 saturated heterocycles. The second-order valence-electron chi connectivity index (χ2n) is 6.35. The first-order valence-electron chi connectivity index (χ1n) is 8.19. The zero-order valence-electron chi connectivity index (χ0n) is 13.4. The van der Waals surface area contributed by atoms with Crippen molar-refractivity contribution in [3.8, 4) is 0 Å². The Morgan fingerprint density at radius 2 is 2.09 bits per heavy atom. The fraction of sp³-hybridized carbons (Fsp3) is 0.625. The van der Waals surface area contributed by atoms with Gasteiger partial charge in [-0.05, 0) is 31.4 Å². The molecular weight excluding hydrogens is 314 g/mol. The Labute approximate surface area is 137 Å². The van der Waals surface area contributed by atoms with Gasteiger partial charge in [-0.25, -0.2) is 8.42 Å².